The highest BCUT2D eigenvalue weighted by Crippen LogP contribution is 2.35. The van der Waals surface area contributed by atoms with E-state index >= 15 is 0 Å². The van der Waals surface area contributed by atoms with E-state index < -0.39 is 17.9 Å². The average Bonchev–Trinajstić information content (AvgIpc) is 3.62. The van der Waals surface area contributed by atoms with Crippen molar-refractivity contribution < 1.29 is 18.4 Å². The molecule has 33 heavy (non-hydrogen) atoms. The average molecular weight is 457 g/mol. The van der Waals surface area contributed by atoms with Crippen LogP contribution in [0.5, 0.6) is 0 Å². The maximum atomic E-state index is 14.4. The van der Waals surface area contributed by atoms with Gasteiger partial charge in [-0.3, -0.25) is 19.5 Å². The minimum absolute atomic E-state index is 0.109. The van der Waals surface area contributed by atoms with Crippen LogP contribution in [0.4, 0.5) is 14.5 Å². The van der Waals surface area contributed by atoms with E-state index in [2.05, 4.69) is 15.2 Å². The van der Waals surface area contributed by atoms with Crippen LogP contribution in [0.15, 0.2) is 30.5 Å². The van der Waals surface area contributed by atoms with Crippen LogP contribution in [0.25, 0.3) is 0 Å². The van der Waals surface area contributed by atoms with E-state index in [0.29, 0.717) is 37.4 Å². The summed E-state index contributed by atoms with van der Waals surface area (Å²) in [4.78, 5) is 33.0. The molecule has 6 nitrogen and oxygen atoms in total. The van der Waals surface area contributed by atoms with Gasteiger partial charge in [0.1, 0.15) is 5.82 Å². The van der Waals surface area contributed by atoms with Crippen LogP contribution < -0.4 is 5.32 Å². The summed E-state index contributed by atoms with van der Waals surface area (Å²) in [5.41, 5.74) is 3.18. The fourth-order valence-electron chi connectivity index (χ4n) is 4.32. The number of hydrogen-bond donors (Lipinski definition) is 1. The first-order valence-corrected chi connectivity index (χ1v) is 11.4. The molecule has 8 heteroatoms. The van der Waals surface area contributed by atoms with Gasteiger partial charge in [-0.1, -0.05) is 0 Å². The number of nitrogens with one attached hydrogen (secondary N) is 1. The number of aromatic nitrogens is 1. The molecule has 1 aromatic carbocycles. The number of amides is 2. The number of pyridine rings is 1. The summed E-state index contributed by atoms with van der Waals surface area (Å²) < 4.78 is 28.7. The zero-order chi connectivity index (χ0) is 23.7. The molecule has 1 saturated heterocycles. The summed E-state index contributed by atoms with van der Waals surface area (Å²) in [6, 6.07) is 6.10. The van der Waals surface area contributed by atoms with Crippen LogP contribution in [0.2, 0.25) is 0 Å². The Morgan fingerprint density at radius 2 is 1.97 bits per heavy atom. The summed E-state index contributed by atoms with van der Waals surface area (Å²) in [7, 11) is 0. The summed E-state index contributed by atoms with van der Waals surface area (Å²) in [6.07, 6.45) is 1.69. The van der Waals surface area contributed by atoms with Crippen molar-refractivity contribution in [3.05, 3.63) is 58.7 Å². The first kappa shape index (κ1) is 23.3. The van der Waals surface area contributed by atoms with Gasteiger partial charge in [0, 0.05) is 49.8 Å². The Morgan fingerprint density at radius 1 is 1.21 bits per heavy atom. The number of aryl methyl sites for hydroxylation is 1. The van der Waals surface area contributed by atoms with Gasteiger partial charge in [0.2, 0.25) is 0 Å². The van der Waals surface area contributed by atoms with Crippen LogP contribution >= 0.6 is 0 Å². The fourth-order valence-corrected chi connectivity index (χ4v) is 4.32. The number of rotatable bonds is 6. The van der Waals surface area contributed by atoms with Gasteiger partial charge in [0.25, 0.3) is 11.8 Å². The van der Waals surface area contributed by atoms with Gasteiger partial charge in [-0.25, -0.2) is 8.78 Å². The first-order valence-electron chi connectivity index (χ1n) is 11.4. The molecule has 4 rings (SSSR count). The Bertz CT molecular complexity index is 1040. The Labute approximate surface area is 193 Å². The molecular formula is C25H30F2N4O2. The Morgan fingerprint density at radius 3 is 2.61 bits per heavy atom. The largest absolute Gasteiger partial charge is 0.335 e. The molecule has 1 N–H and O–H groups in total. The lowest BCUT2D eigenvalue weighted by atomic mass is 10.0. The molecule has 0 radical (unpaired) electrons. The topological polar surface area (TPSA) is 65.5 Å². The monoisotopic (exact) mass is 456 g/mol. The summed E-state index contributed by atoms with van der Waals surface area (Å²) in [6.45, 7) is 7.70. The first-order chi connectivity index (χ1) is 15.7. The van der Waals surface area contributed by atoms with E-state index in [1.54, 1.807) is 17.0 Å². The zero-order valence-corrected chi connectivity index (χ0v) is 19.3. The lowest BCUT2D eigenvalue weighted by molar-refractivity contribution is -0.142. The highest BCUT2D eigenvalue weighted by Gasteiger charge is 2.40. The van der Waals surface area contributed by atoms with Gasteiger partial charge in [-0.05, 0) is 74.9 Å². The molecule has 176 valence electrons. The molecule has 2 fully saturated rings. The highest BCUT2D eigenvalue weighted by molar-refractivity contribution is 6.04. The quantitative estimate of drug-likeness (QED) is 0.717. The van der Waals surface area contributed by atoms with Crippen molar-refractivity contribution in [2.45, 2.75) is 52.4 Å². The lowest BCUT2D eigenvalue weighted by Gasteiger charge is -2.40. The molecule has 2 aliphatic rings. The third-order valence-electron chi connectivity index (χ3n) is 6.56. The molecule has 1 aliphatic heterocycles. The Kier molecular flexibility index (Phi) is 6.74. The molecule has 2 unspecified atom stereocenters. The number of benzene rings is 1. The maximum Gasteiger partial charge on any atom is 0.257 e. The molecule has 1 aliphatic carbocycles. The van der Waals surface area contributed by atoms with E-state index in [9.17, 15) is 18.4 Å². The van der Waals surface area contributed by atoms with Crippen molar-refractivity contribution in [1.82, 2.24) is 14.8 Å². The van der Waals surface area contributed by atoms with Crippen LogP contribution in [0.1, 0.15) is 46.9 Å². The van der Waals surface area contributed by atoms with Crippen molar-refractivity contribution in [2.24, 2.45) is 5.92 Å². The second-order valence-corrected chi connectivity index (χ2v) is 9.23. The lowest BCUT2D eigenvalue weighted by Crippen LogP contribution is -2.55. The van der Waals surface area contributed by atoms with E-state index in [0.717, 1.165) is 29.7 Å². The second kappa shape index (κ2) is 9.55. The zero-order valence-electron chi connectivity index (χ0n) is 19.3. The summed E-state index contributed by atoms with van der Waals surface area (Å²) in [5, 5.41) is 2.79. The van der Waals surface area contributed by atoms with Crippen molar-refractivity contribution in [3.8, 4) is 0 Å². The van der Waals surface area contributed by atoms with Gasteiger partial charge in [0.05, 0.1) is 5.56 Å². The van der Waals surface area contributed by atoms with Crippen LogP contribution in [0, 0.1) is 25.6 Å². The van der Waals surface area contributed by atoms with E-state index in [1.165, 1.54) is 18.3 Å². The SMILES string of the molecule is Cc1ccc(C(=O)Nc2cc(F)cc(CN3CCN(C(=O)C(F)C4CC4)C(C)C3)c2C)cn1. The molecule has 1 saturated carbocycles. The molecule has 2 amide bonds. The normalized spacial score (nSPS) is 19.9. The predicted molar refractivity (Wildman–Crippen MR) is 122 cm³/mol. The van der Waals surface area contributed by atoms with Crippen molar-refractivity contribution in [2.75, 3.05) is 25.0 Å². The number of carbonyl (C=O) groups excluding carboxylic acids is 2. The smallest absolute Gasteiger partial charge is 0.257 e. The predicted octanol–water partition coefficient (Wildman–Crippen LogP) is 3.87. The standard InChI is InChI=1S/C25H30F2N4O2/c1-15-4-5-19(12-28-15)24(32)29-22-11-21(26)10-20(17(22)3)14-30-8-9-31(16(2)13-30)25(33)23(27)18-6-7-18/h4-5,10-12,16,18,23H,6-9,13-14H2,1-3H3,(H,29,32). The van der Waals surface area contributed by atoms with Crippen LogP contribution in [-0.2, 0) is 11.3 Å². The highest BCUT2D eigenvalue weighted by atomic mass is 19.1. The number of alkyl halides is 1. The van der Waals surface area contributed by atoms with Gasteiger partial charge in [-0.2, -0.15) is 0 Å². The molecule has 2 aromatic rings. The third-order valence-corrected chi connectivity index (χ3v) is 6.56. The third kappa shape index (κ3) is 5.38. The molecule has 0 spiro atoms. The number of anilines is 1. The molecule has 2 heterocycles. The number of hydrogen-bond acceptors (Lipinski definition) is 4. The molecule has 2 atom stereocenters. The minimum Gasteiger partial charge on any atom is -0.335 e. The Hall–Kier alpha value is -2.87. The van der Waals surface area contributed by atoms with E-state index in [4.69, 9.17) is 0 Å². The van der Waals surface area contributed by atoms with Crippen molar-refractivity contribution in [1.29, 1.82) is 0 Å². The van der Waals surface area contributed by atoms with E-state index in [-0.39, 0.29) is 17.9 Å². The number of halogens is 2. The molecule has 1 aromatic heterocycles. The van der Waals surface area contributed by atoms with Gasteiger partial charge < -0.3 is 10.2 Å². The van der Waals surface area contributed by atoms with Gasteiger partial charge in [-0.15, -0.1) is 0 Å². The van der Waals surface area contributed by atoms with Crippen molar-refractivity contribution in [3.63, 3.8) is 0 Å². The van der Waals surface area contributed by atoms with Crippen LogP contribution in [0.3, 0.4) is 0 Å². The second-order valence-electron chi connectivity index (χ2n) is 9.23. The number of carbonyl (C=O) groups is 2. The van der Waals surface area contributed by atoms with Crippen LogP contribution in [-0.4, -0.2) is 58.4 Å². The summed E-state index contributed by atoms with van der Waals surface area (Å²) in [5.74, 6) is -1.29. The van der Waals surface area contributed by atoms with Gasteiger partial charge in [0.15, 0.2) is 6.17 Å². The number of piperazine rings is 1. The molecular weight excluding hydrogens is 426 g/mol. The minimum atomic E-state index is -1.39. The summed E-state index contributed by atoms with van der Waals surface area (Å²) >= 11 is 0. The molecule has 0 bridgehead atoms. The van der Waals surface area contributed by atoms with Crippen molar-refractivity contribution >= 4 is 17.5 Å². The maximum absolute atomic E-state index is 14.4. The van der Waals surface area contributed by atoms with Gasteiger partial charge >= 0.3 is 0 Å². The fraction of sp³-hybridized carbons (Fsp3) is 0.480. The number of nitrogens with zero attached hydrogens (tertiary/aromatic N) is 3. The van der Waals surface area contributed by atoms with E-state index in [1.807, 2.05) is 20.8 Å². The Balaban J connectivity index is 1.42.